The second kappa shape index (κ2) is 8.89. The van der Waals surface area contributed by atoms with Crippen LogP contribution in [0.5, 0.6) is 0 Å². The zero-order valence-electron chi connectivity index (χ0n) is 17.4. The topological polar surface area (TPSA) is 117 Å². The van der Waals surface area contributed by atoms with E-state index >= 15 is 0 Å². The van der Waals surface area contributed by atoms with Gasteiger partial charge in [-0.15, -0.1) is 0 Å². The molecule has 4 rings (SSSR count). The molecule has 0 bridgehead atoms. The number of nitrogens with zero attached hydrogens (tertiary/aromatic N) is 2. The van der Waals surface area contributed by atoms with Crippen LogP contribution in [0.2, 0.25) is 0 Å². The van der Waals surface area contributed by atoms with Crippen LogP contribution >= 0.6 is 0 Å². The van der Waals surface area contributed by atoms with Gasteiger partial charge in [0.05, 0.1) is 11.4 Å². The molecular formula is C24H22N4O4. The first-order valence-electron chi connectivity index (χ1n) is 10.1. The molecule has 0 fully saturated rings. The molecule has 2 aromatic heterocycles. The monoisotopic (exact) mass is 430 g/mol. The Morgan fingerprint density at radius 2 is 1.88 bits per heavy atom. The molecule has 0 aliphatic carbocycles. The highest BCUT2D eigenvalue weighted by molar-refractivity contribution is 5.95. The summed E-state index contributed by atoms with van der Waals surface area (Å²) in [6.07, 6.45) is 1.97. The summed E-state index contributed by atoms with van der Waals surface area (Å²) in [4.78, 5) is 43.1. The maximum Gasteiger partial charge on any atom is 0.327 e. The van der Waals surface area contributed by atoms with Crippen molar-refractivity contribution in [2.24, 2.45) is 13.0 Å². The lowest BCUT2D eigenvalue weighted by atomic mass is 9.99. The number of benzene rings is 2. The lowest BCUT2D eigenvalue weighted by Gasteiger charge is -2.14. The van der Waals surface area contributed by atoms with Crippen LogP contribution in [0.3, 0.4) is 0 Å². The zero-order valence-corrected chi connectivity index (χ0v) is 17.4. The molecule has 3 N–H and O–H groups in total. The highest BCUT2D eigenvalue weighted by atomic mass is 16.4. The van der Waals surface area contributed by atoms with Gasteiger partial charge in [-0.25, -0.2) is 9.78 Å². The van der Waals surface area contributed by atoms with E-state index in [0.29, 0.717) is 23.1 Å². The number of carboxylic acid groups (broad SMARTS) is 1. The van der Waals surface area contributed by atoms with Crippen molar-refractivity contribution in [1.29, 1.82) is 0 Å². The molecule has 4 aromatic rings. The Balaban J connectivity index is 1.50. The van der Waals surface area contributed by atoms with Crippen LogP contribution in [-0.4, -0.2) is 38.1 Å². The first-order valence-corrected chi connectivity index (χ1v) is 10.1. The number of aromatic amines is 1. The van der Waals surface area contributed by atoms with Crippen molar-refractivity contribution in [3.8, 4) is 11.1 Å². The van der Waals surface area contributed by atoms with E-state index in [1.165, 1.54) is 4.57 Å². The summed E-state index contributed by atoms with van der Waals surface area (Å²) in [5, 5.41) is 12.3. The summed E-state index contributed by atoms with van der Waals surface area (Å²) < 4.78 is 1.47. The van der Waals surface area contributed by atoms with E-state index in [2.05, 4.69) is 15.3 Å². The van der Waals surface area contributed by atoms with E-state index < -0.39 is 11.9 Å². The predicted octanol–water partition coefficient (Wildman–Crippen LogP) is 2.60. The third-order valence-corrected chi connectivity index (χ3v) is 5.40. The highest BCUT2D eigenvalue weighted by Gasteiger charge is 2.19. The molecule has 0 spiro atoms. The minimum atomic E-state index is -0.959. The summed E-state index contributed by atoms with van der Waals surface area (Å²) in [7, 11) is 1.66. The fraction of sp³-hybridized carbons (Fsp3) is 0.167. The molecule has 8 nitrogen and oxygen atoms in total. The molecule has 162 valence electrons. The molecule has 0 saturated heterocycles. The minimum Gasteiger partial charge on any atom is -0.481 e. The van der Waals surface area contributed by atoms with Gasteiger partial charge in [0.15, 0.2) is 5.65 Å². The zero-order chi connectivity index (χ0) is 22.7. The average Bonchev–Trinajstić information content (AvgIpc) is 3.10. The number of nitrogens with one attached hydrogen (secondary N) is 2. The van der Waals surface area contributed by atoms with Crippen molar-refractivity contribution in [3.05, 3.63) is 88.5 Å². The first kappa shape index (κ1) is 21.0. The Kier molecular flexibility index (Phi) is 5.85. The number of rotatable bonds is 7. The van der Waals surface area contributed by atoms with Crippen LogP contribution in [0.1, 0.15) is 15.9 Å². The van der Waals surface area contributed by atoms with Crippen LogP contribution in [0, 0.1) is 5.92 Å². The number of carboxylic acids is 1. The number of aryl methyl sites for hydroxylation is 1. The Hall–Kier alpha value is -4.20. The van der Waals surface area contributed by atoms with E-state index in [1.807, 2.05) is 42.5 Å². The van der Waals surface area contributed by atoms with Gasteiger partial charge in [0.25, 0.3) is 5.91 Å². The average molecular weight is 430 g/mol. The molecule has 1 atom stereocenters. The SMILES string of the molecule is Cn1c(=O)[nH]c2ncc(-c3cccc(C(=O)NCC(Cc4ccccc4)C(=O)O)c3)cc21. The van der Waals surface area contributed by atoms with Crippen molar-refractivity contribution in [3.63, 3.8) is 0 Å². The number of hydrogen-bond acceptors (Lipinski definition) is 4. The van der Waals surface area contributed by atoms with E-state index in [-0.39, 0.29) is 18.1 Å². The number of fused-ring (bicyclic) bond motifs is 1. The maximum absolute atomic E-state index is 12.7. The number of hydrogen-bond donors (Lipinski definition) is 3. The number of imidazole rings is 1. The molecule has 32 heavy (non-hydrogen) atoms. The van der Waals surface area contributed by atoms with Gasteiger partial charge < -0.3 is 10.4 Å². The standard InChI is InChI=1S/C24H22N4O4/c1-28-20-12-18(13-25-21(20)27-24(28)32)16-8-5-9-17(11-16)22(29)26-14-19(23(30)31)10-15-6-3-2-4-7-15/h2-9,11-13,19H,10,14H2,1H3,(H,26,29)(H,30,31)(H,25,27,32). The lowest BCUT2D eigenvalue weighted by molar-refractivity contribution is -0.141. The van der Waals surface area contributed by atoms with Crippen LogP contribution in [0.4, 0.5) is 0 Å². The molecule has 1 amide bonds. The van der Waals surface area contributed by atoms with Gasteiger partial charge in [-0.2, -0.15) is 0 Å². The fourth-order valence-electron chi connectivity index (χ4n) is 3.56. The van der Waals surface area contributed by atoms with Crippen molar-refractivity contribution < 1.29 is 14.7 Å². The molecule has 8 heteroatoms. The summed E-state index contributed by atoms with van der Waals surface area (Å²) in [6, 6.07) is 18.1. The minimum absolute atomic E-state index is 0.0201. The normalized spacial score (nSPS) is 11.9. The third kappa shape index (κ3) is 4.44. The number of aromatic nitrogens is 3. The van der Waals surface area contributed by atoms with Crippen LogP contribution in [-0.2, 0) is 18.3 Å². The van der Waals surface area contributed by atoms with E-state index in [0.717, 1.165) is 16.7 Å². The third-order valence-electron chi connectivity index (χ3n) is 5.40. The van der Waals surface area contributed by atoms with E-state index in [4.69, 9.17) is 0 Å². The van der Waals surface area contributed by atoms with Crippen molar-refractivity contribution in [1.82, 2.24) is 19.9 Å². The highest BCUT2D eigenvalue weighted by Crippen LogP contribution is 2.22. The fourth-order valence-corrected chi connectivity index (χ4v) is 3.56. The Labute approximate surface area is 183 Å². The van der Waals surface area contributed by atoms with Gasteiger partial charge in [-0.05, 0) is 35.7 Å². The summed E-state index contributed by atoms with van der Waals surface area (Å²) >= 11 is 0. The van der Waals surface area contributed by atoms with Gasteiger partial charge >= 0.3 is 11.7 Å². The predicted molar refractivity (Wildman–Crippen MR) is 120 cm³/mol. The first-order chi connectivity index (χ1) is 15.4. The Morgan fingerprint density at radius 1 is 1.09 bits per heavy atom. The molecule has 0 saturated carbocycles. The van der Waals surface area contributed by atoms with Crippen molar-refractivity contribution in [2.45, 2.75) is 6.42 Å². The van der Waals surface area contributed by atoms with E-state index in [9.17, 15) is 19.5 Å². The van der Waals surface area contributed by atoms with Crippen LogP contribution < -0.4 is 11.0 Å². The van der Waals surface area contributed by atoms with Crippen LogP contribution in [0.25, 0.3) is 22.3 Å². The lowest BCUT2D eigenvalue weighted by Crippen LogP contribution is -2.34. The summed E-state index contributed by atoms with van der Waals surface area (Å²) in [6.45, 7) is 0.0201. The maximum atomic E-state index is 12.7. The number of carbonyl (C=O) groups is 2. The molecule has 2 aromatic carbocycles. The number of carbonyl (C=O) groups excluding carboxylic acids is 1. The number of H-pyrrole nitrogens is 1. The number of pyridine rings is 1. The Morgan fingerprint density at radius 3 is 2.62 bits per heavy atom. The molecule has 0 aliphatic rings. The second-order valence-corrected chi connectivity index (χ2v) is 7.60. The second-order valence-electron chi connectivity index (χ2n) is 7.60. The van der Waals surface area contributed by atoms with Gasteiger partial charge in [0.2, 0.25) is 0 Å². The molecule has 0 aliphatic heterocycles. The van der Waals surface area contributed by atoms with Gasteiger partial charge in [0.1, 0.15) is 0 Å². The van der Waals surface area contributed by atoms with Crippen molar-refractivity contribution >= 4 is 23.0 Å². The summed E-state index contributed by atoms with van der Waals surface area (Å²) in [5.41, 5.74) is 3.74. The molecular weight excluding hydrogens is 408 g/mol. The number of aliphatic carboxylic acids is 1. The van der Waals surface area contributed by atoms with Crippen molar-refractivity contribution in [2.75, 3.05) is 6.54 Å². The van der Waals surface area contributed by atoms with Gasteiger partial charge in [-0.1, -0.05) is 42.5 Å². The van der Waals surface area contributed by atoms with Crippen LogP contribution in [0.15, 0.2) is 71.7 Å². The molecule has 2 heterocycles. The molecule has 1 unspecified atom stereocenters. The van der Waals surface area contributed by atoms with E-state index in [1.54, 1.807) is 31.4 Å². The summed E-state index contributed by atoms with van der Waals surface area (Å²) in [5.74, 6) is -2.04. The number of amides is 1. The quantitative estimate of drug-likeness (QED) is 0.417. The smallest absolute Gasteiger partial charge is 0.327 e. The van der Waals surface area contributed by atoms with Gasteiger partial charge in [0, 0.05) is 30.9 Å². The molecule has 0 radical (unpaired) electrons. The Bertz CT molecular complexity index is 1340. The van der Waals surface area contributed by atoms with Gasteiger partial charge in [-0.3, -0.25) is 19.1 Å². The largest absolute Gasteiger partial charge is 0.481 e.